The van der Waals surface area contributed by atoms with E-state index >= 15 is 0 Å². The molecule has 2 nitrogen and oxygen atoms in total. The third-order valence-electron chi connectivity index (χ3n) is 2.79. The molecular formula is C16H15ClO2. The maximum atomic E-state index is 12.1. The van der Waals surface area contributed by atoms with Gasteiger partial charge in [-0.1, -0.05) is 55.3 Å². The number of carbonyl (C=O) groups is 1. The zero-order valence-electron chi connectivity index (χ0n) is 10.7. The summed E-state index contributed by atoms with van der Waals surface area (Å²) in [5.74, 6) is 0.184. The van der Waals surface area contributed by atoms with Crippen molar-refractivity contribution < 1.29 is 9.53 Å². The maximum absolute atomic E-state index is 12.1. The standard InChI is InChI=1S/C16H15ClO2/c1-2-7-12-8-3-6-11-15(12)19-16(18)13-9-4-5-10-14(13)17/h3-6,8-11H,2,7H2,1H3. The van der Waals surface area contributed by atoms with Crippen molar-refractivity contribution in [3.8, 4) is 5.75 Å². The highest BCUT2D eigenvalue weighted by atomic mass is 35.5. The molecule has 0 amide bonds. The summed E-state index contributed by atoms with van der Waals surface area (Å²) in [6.07, 6.45) is 1.88. The molecule has 0 fully saturated rings. The largest absolute Gasteiger partial charge is 0.423 e. The summed E-state index contributed by atoms with van der Waals surface area (Å²) in [6.45, 7) is 2.09. The summed E-state index contributed by atoms with van der Waals surface area (Å²) in [7, 11) is 0. The van der Waals surface area contributed by atoms with Gasteiger partial charge in [0.2, 0.25) is 0 Å². The van der Waals surface area contributed by atoms with Gasteiger partial charge < -0.3 is 4.74 Å². The van der Waals surface area contributed by atoms with Crippen LogP contribution >= 0.6 is 11.6 Å². The van der Waals surface area contributed by atoms with E-state index in [1.165, 1.54) is 0 Å². The Labute approximate surface area is 118 Å². The number of esters is 1. The molecule has 2 aromatic rings. The number of para-hydroxylation sites is 1. The van der Waals surface area contributed by atoms with E-state index < -0.39 is 5.97 Å². The second-order valence-corrected chi connectivity index (χ2v) is 4.63. The number of benzene rings is 2. The number of aryl methyl sites for hydroxylation is 1. The molecule has 0 aliphatic carbocycles. The van der Waals surface area contributed by atoms with Gasteiger partial charge in [-0.25, -0.2) is 4.79 Å². The minimum Gasteiger partial charge on any atom is -0.423 e. The van der Waals surface area contributed by atoms with E-state index in [9.17, 15) is 4.79 Å². The van der Waals surface area contributed by atoms with Crippen LogP contribution in [-0.4, -0.2) is 5.97 Å². The normalized spacial score (nSPS) is 10.2. The van der Waals surface area contributed by atoms with Gasteiger partial charge in [-0.15, -0.1) is 0 Å². The third-order valence-corrected chi connectivity index (χ3v) is 3.12. The van der Waals surface area contributed by atoms with Gasteiger partial charge in [-0.3, -0.25) is 0 Å². The SMILES string of the molecule is CCCc1ccccc1OC(=O)c1ccccc1Cl. The van der Waals surface area contributed by atoms with Crippen molar-refractivity contribution in [1.29, 1.82) is 0 Å². The molecule has 0 aliphatic heterocycles. The summed E-state index contributed by atoms with van der Waals surface area (Å²) in [6, 6.07) is 14.5. The average molecular weight is 275 g/mol. The second-order valence-electron chi connectivity index (χ2n) is 4.23. The molecule has 0 bridgehead atoms. The molecule has 0 N–H and O–H groups in total. The Bertz CT molecular complexity index is 578. The van der Waals surface area contributed by atoms with E-state index in [1.807, 2.05) is 18.2 Å². The molecule has 98 valence electrons. The molecule has 0 unspecified atom stereocenters. The van der Waals surface area contributed by atoms with E-state index in [0.717, 1.165) is 18.4 Å². The fourth-order valence-corrected chi connectivity index (χ4v) is 2.07. The first kappa shape index (κ1) is 13.6. The van der Waals surface area contributed by atoms with Crippen LogP contribution in [0.3, 0.4) is 0 Å². The molecule has 19 heavy (non-hydrogen) atoms. The lowest BCUT2D eigenvalue weighted by molar-refractivity contribution is 0.0733. The second kappa shape index (κ2) is 6.39. The van der Waals surface area contributed by atoms with Gasteiger partial charge in [0.1, 0.15) is 5.75 Å². The van der Waals surface area contributed by atoms with Crippen LogP contribution in [-0.2, 0) is 6.42 Å². The van der Waals surface area contributed by atoms with Crippen LogP contribution < -0.4 is 4.74 Å². The van der Waals surface area contributed by atoms with Crippen LogP contribution in [0.1, 0.15) is 29.3 Å². The minimum absolute atomic E-state index is 0.385. The molecule has 0 radical (unpaired) electrons. The molecule has 0 saturated carbocycles. The Morgan fingerprint density at radius 2 is 1.79 bits per heavy atom. The summed E-state index contributed by atoms with van der Waals surface area (Å²) < 4.78 is 5.44. The summed E-state index contributed by atoms with van der Waals surface area (Å²) in [4.78, 5) is 12.1. The molecule has 2 aromatic carbocycles. The van der Waals surface area contributed by atoms with Gasteiger partial charge in [0, 0.05) is 0 Å². The highest BCUT2D eigenvalue weighted by Gasteiger charge is 2.13. The van der Waals surface area contributed by atoms with Crippen molar-refractivity contribution in [2.24, 2.45) is 0 Å². The minimum atomic E-state index is -0.422. The van der Waals surface area contributed by atoms with Crippen LogP contribution in [0.25, 0.3) is 0 Å². The molecule has 0 heterocycles. The highest BCUT2D eigenvalue weighted by molar-refractivity contribution is 6.33. The Balaban J connectivity index is 2.22. The smallest absolute Gasteiger partial charge is 0.345 e. The molecule has 3 heteroatoms. The van der Waals surface area contributed by atoms with Crippen molar-refractivity contribution in [3.63, 3.8) is 0 Å². The Morgan fingerprint density at radius 3 is 2.53 bits per heavy atom. The van der Waals surface area contributed by atoms with Crippen molar-refractivity contribution in [1.82, 2.24) is 0 Å². The van der Waals surface area contributed by atoms with Gasteiger partial charge in [0.15, 0.2) is 0 Å². The molecular weight excluding hydrogens is 260 g/mol. The fraction of sp³-hybridized carbons (Fsp3) is 0.188. The van der Waals surface area contributed by atoms with E-state index in [4.69, 9.17) is 16.3 Å². The lowest BCUT2D eigenvalue weighted by Crippen LogP contribution is -2.10. The molecule has 0 spiro atoms. The Kier molecular flexibility index (Phi) is 4.58. The number of ether oxygens (including phenoxy) is 1. The van der Waals surface area contributed by atoms with Crippen molar-refractivity contribution in [3.05, 3.63) is 64.7 Å². The van der Waals surface area contributed by atoms with Gasteiger partial charge in [-0.2, -0.15) is 0 Å². The maximum Gasteiger partial charge on any atom is 0.345 e. The quantitative estimate of drug-likeness (QED) is 0.606. The lowest BCUT2D eigenvalue weighted by atomic mass is 10.1. The van der Waals surface area contributed by atoms with E-state index in [0.29, 0.717) is 16.3 Å². The fourth-order valence-electron chi connectivity index (χ4n) is 1.86. The first-order valence-corrected chi connectivity index (χ1v) is 6.64. The molecule has 0 aromatic heterocycles. The summed E-state index contributed by atoms with van der Waals surface area (Å²) in [5, 5.41) is 0.403. The van der Waals surface area contributed by atoms with Crippen molar-refractivity contribution in [2.45, 2.75) is 19.8 Å². The Hall–Kier alpha value is -1.80. The number of rotatable bonds is 4. The molecule has 0 aliphatic rings. The van der Waals surface area contributed by atoms with Gasteiger partial charge in [-0.05, 0) is 30.2 Å². The van der Waals surface area contributed by atoms with E-state index in [-0.39, 0.29) is 0 Å². The van der Waals surface area contributed by atoms with Crippen LogP contribution in [0.5, 0.6) is 5.75 Å². The van der Waals surface area contributed by atoms with Crippen molar-refractivity contribution in [2.75, 3.05) is 0 Å². The van der Waals surface area contributed by atoms with Gasteiger partial charge in [0.25, 0.3) is 0 Å². The summed E-state index contributed by atoms with van der Waals surface area (Å²) in [5.41, 5.74) is 1.42. The average Bonchev–Trinajstić information content (AvgIpc) is 2.41. The predicted molar refractivity (Wildman–Crippen MR) is 76.8 cm³/mol. The topological polar surface area (TPSA) is 26.3 Å². The number of carbonyl (C=O) groups excluding carboxylic acids is 1. The number of halogens is 1. The third kappa shape index (κ3) is 3.36. The van der Waals surface area contributed by atoms with Gasteiger partial charge in [0.05, 0.1) is 10.6 Å². The predicted octanol–water partition coefficient (Wildman–Crippen LogP) is 4.51. The Morgan fingerprint density at radius 1 is 1.11 bits per heavy atom. The molecule has 2 rings (SSSR count). The first-order valence-electron chi connectivity index (χ1n) is 6.27. The van der Waals surface area contributed by atoms with Crippen LogP contribution in [0.4, 0.5) is 0 Å². The lowest BCUT2D eigenvalue weighted by Gasteiger charge is -2.09. The molecule has 0 saturated heterocycles. The summed E-state index contributed by atoms with van der Waals surface area (Å²) >= 11 is 5.99. The zero-order chi connectivity index (χ0) is 13.7. The monoisotopic (exact) mass is 274 g/mol. The van der Waals surface area contributed by atoms with Crippen LogP contribution in [0, 0.1) is 0 Å². The number of hydrogen-bond acceptors (Lipinski definition) is 2. The van der Waals surface area contributed by atoms with Crippen LogP contribution in [0.15, 0.2) is 48.5 Å². The van der Waals surface area contributed by atoms with Crippen molar-refractivity contribution >= 4 is 17.6 Å². The van der Waals surface area contributed by atoms with Crippen LogP contribution in [0.2, 0.25) is 5.02 Å². The first-order chi connectivity index (χ1) is 9.22. The van der Waals surface area contributed by atoms with E-state index in [2.05, 4.69) is 6.92 Å². The highest BCUT2D eigenvalue weighted by Crippen LogP contribution is 2.22. The number of hydrogen-bond donors (Lipinski definition) is 0. The molecule has 0 atom stereocenters. The van der Waals surface area contributed by atoms with E-state index in [1.54, 1.807) is 30.3 Å². The zero-order valence-corrected chi connectivity index (χ0v) is 11.5. The van der Waals surface area contributed by atoms with Gasteiger partial charge >= 0.3 is 5.97 Å².